The zero-order valence-corrected chi connectivity index (χ0v) is 11.1. The van der Waals surface area contributed by atoms with E-state index >= 15 is 0 Å². The minimum atomic E-state index is -0.670. The van der Waals surface area contributed by atoms with Gasteiger partial charge in [0.1, 0.15) is 0 Å². The van der Waals surface area contributed by atoms with E-state index in [0.29, 0.717) is 13.2 Å². The van der Waals surface area contributed by atoms with Gasteiger partial charge in [0.15, 0.2) is 11.9 Å². The summed E-state index contributed by atoms with van der Waals surface area (Å²) in [5.74, 6) is -0.717. The lowest BCUT2D eigenvalue weighted by Crippen LogP contribution is -2.41. The molecule has 0 saturated carbocycles. The van der Waals surface area contributed by atoms with Crippen LogP contribution in [0.2, 0.25) is 0 Å². The molecule has 1 fully saturated rings. The standard InChI is InChI=1S/C14H19NO3/c1-4-15(11-8-6-5-7-9-11)13(16)12-10-17-14(2,3)18-12/h5-9,12H,4,10H2,1-3H3. The fraction of sp³-hybridized carbons (Fsp3) is 0.500. The Morgan fingerprint density at radius 1 is 1.39 bits per heavy atom. The number of benzene rings is 1. The highest BCUT2D eigenvalue weighted by Gasteiger charge is 2.38. The first-order chi connectivity index (χ1) is 8.53. The van der Waals surface area contributed by atoms with E-state index in [2.05, 4.69) is 0 Å². The number of carbonyl (C=O) groups is 1. The van der Waals surface area contributed by atoms with Crippen LogP contribution in [-0.4, -0.2) is 30.9 Å². The zero-order chi connectivity index (χ0) is 13.2. The van der Waals surface area contributed by atoms with E-state index in [1.54, 1.807) is 4.90 Å². The van der Waals surface area contributed by atoms with Crippen molar-refractivity contribution in [2.45, 2.75) is 32.7 Å². The predicted octanol–water partition coefficient (Wildman–Crippen LogP) is 2.19. The van der Waals surface area contributed by atoms with Crippen LogP contribution in [0.1, 0.15) is 20.8 Å². The van der Waals surface area contributed by atoms with E-state index in [0.717, 1.165) is 5.69 Å². The van der Waals surface area contributed by atoms with E-state index in [9.17, 15) is 4.79 Å². The minimum absolute atomic E-state index is 0.0470. The quantitative estimate of drug-likeness (QED) is 0.824. The van der Waals surface area contributed by atoms with E-state index in [-0.39, 0.29) is 5.91 Å². The van der Waals surface area contributed by atoms with E-state index < -0.39 is 11.9 Å². The molecule has 1 aromatic rings. The van der Waals surface area contributed by atoms with Crippen molar-refractivity contribution in [2.75, 3.05) is 18.1 Å². The van der Waals surface area contributed by atoms with Crippen LogP contribution in [0, 0.1) is 0 Å². The van der Waals surface area contributed by atoms with Crippen molar-refractivity contribution in [1.82, 2.24) is 0 Å². The number of rotatable bonds is 3. The Balaban J connectivity index is 2.12. The average Bonchev–Trinajstić information content (AvgIpc) is 2.72. The van der Waals surface area contributed by atoms with Gasteiger partial charge in [-0.3, -0.25) is 4.79 Å². The van der Waals surface area contributed by atoms with Crippen molar-refractivity contribution in [1.29, 1.82) is 0 Å². The van der Waals surface area contributed by atoms with Gasteiger partial charge in [-0.1, -0.05) is 18.2 Å². The number of carbonyl (C=O) groups excluding carboxylic acids is 1. The summed E-state index contributed by atoms with van der Waals surface area (Å²) in [6, 6.07) is 9.60. The first-order valence-corrected chi connectivity index (χ1v) is 6.21. The number of hydrogen-bond donors (Lipinski definition) is 0. The second kappa shape index (κ2) is 5.08. The Hall–Kier alpha value is -1.39. The molecule has 0 radical (unpaired) electrons. The van der Waals surface area contributed by atoms with Crippen LogP contribution in [0.5, 0.6) is 0 Å². The van der Waals surface area contributed by atoms with Crippen LogP contribution < -0.4 is 4.90 Å². The Morgan fingerprint density at radius 2 is 2.06 bits per heavy atom. The first-order valence-electron chi connectivity index (χ1n) is 6.21. The van der Waals surface area contributed by atoms with E-state index in [4.69, 9.17) is 9.47 Å². The molecular formula is C14H19NO3. The fourth-order valence-corrected chi connectivity index (χ4v) is 2.06. The second-order valence-electron chi connectivity index (χ2n) is 4.74. The maximum absolute atomic E-state index is 12.4. The maximum Gasteiger partial charge on any atom is 0.258 e. The molecule has 0 aromatic heterocycles. The average molecular weight is 249 g/mol. The monoisotopic (exact) mass is 249 g/mol. The van der Waals surface area contributed by atoms with Gasteiger partial charge in [0.05, 0.1) is 6.61 Å². The van der Waals surface area contributed by atoms with Crippen LogP contribution in [0.3, 0.4) is 0 Å². The SMILES string of the molecule is CCN(C(=O)C1COC(C)(C)O1)c1ccccc1. The van der Waals surface area contributed by atoms with Crippen molar-refractivity contribution in [3.05, 3.63) is 30.3 Å². The number of nitrogens with zero attached hydrogens (tertiary/aromatic N) is 1. The second-order valence-corrected chi connectivity index (χ2v) is 4.74. The summed E-state index contributed by atoms with van der Waals surface area (Å²) in [7, 11) is 0. The Bertz CT molecular complexity index is 416. The summed E-state index contributed by atoms with van der Waals surface area (Å²) in [6.45, 7) is 6.52. The molecule has 1 unspecified atom stereocenters. The van der Waals surface area contributed by atoms with Gasteiger partial charge in [0.25, 0.3) is 5.91 Å². The summed E-state index contributed by atoms with van der Waals surface area (Å²) in [5, 5.41) is 0. The first kappa shape index (κ1) is 13.1. The third kappa shape index (κ3) is 2.71. The normalized spacial score (nSPS) is 21.8. The Labute approximate surface area is 107 Å². The summed E-state index contributed by atoms with van der Waals surface area (Å²) in [4.78, 5) is 14.1. The van der Waals surface area contributed by atoms with Gasteiger partial charge in [-0.25, -0.2) is 0 Å². The highest BCUT2D eigenvalue weighted by Crippen LogP contribution is 2.25. The summed E-state index contributed by atoms with van der Waals surface area (Å²) in [5.41, 5.74) is 0.887. The molecule has 1 amide bonds. The molecule has 1 atom stereocenters. The number of para-hydroxylation sites is 1. The predicted molar refractivity (Wildman–Crippen MR) is 69.4 cm³/mol. The van der Waals surface area contributed by atoms with Crippen LogP contribution in [0.15, 0.2) is 30.3 Å². The van der Waals surface area contributed by atoms with Gasteiger partial charge in [-0.05, 0) is 32.9 Å². The van der Waals surface area contributed by atoms with E-state index in [1.165, 1.54) is 0 Å². The molecule has 1 aliphatic heterocycles. The van der Waals surface area contributed by atoms with E-state index in [1.807, 2.05) is 51.1 Å². The summed E-state index contributed by atoms with van der Waals surface area (Å²) < 4.78 is 11.0. The highest BCUT2D eigenvalue weighted by molar-refractivity contribution is 5.96. The maximum atomic E-state index is 12.4. The highest BCUT2D eigenvalue weighted by atomic mass is 16.7. The van der Waals surface area contributed by atoms with Crippen molar-refractivity contribution in [2.24, 2.45) is 0 Å². The molecule has 2 rings (SSSR count). The third-order valence-electron chi connectivity index (χ3n) is 2.93. The molecule has 0 bridgehead atoms. The van der Waals surface area contributed by atoms with Gasteiger partial charge in [0, 0.05) is 12.2 Å². The molecule has 18 heavy (non-hydrogen) atoms. The molecule has 1 aromatic carbocycles. The molecular weight excluding hydrogens is 230 g/mol. The van der Waals surface area contributed by atoms with Crippen LogP contribution in [-0.2, 0) is 14.3 Å². The van der Waals surface area contributed by atoms with Crippen molar-refractivity contribution in [3.63, 3.8) is 0 Å². The number of anilines is 1. The molecule has 0 spiro atoms. The summed E-state index contributed by atoms with van der Waals surface area (Å²) >= 11 is 0. The molecule has 4 heteroatoms. The lowest BCUT2D eigenvalue weighted by molar-refractivity contribution is -0.151. The molecule has 4 nitrogen and oxygen atoms in total. The van der Waals surface area contributed by atoms with Gasteiger partial charge in [0.2, 0.25) is 0 Å². The number of amides is 1. The smallest absolute Gasteiger partial charge is 0.258 e. The molecule has 1 heterocycles. The van der Waals surface area contributed by atoms with Crippen molar-refractivity contribution >= 4 is 11.6 Å². The van der Waals surface area contributed by atoms with Gasteiger partial charge >= 0.3 is 0 Å². The molecule has 1 aliphatic rings. The lowest BCUT2D eigenvalue weighted by atomic mass is 10.2. The molecule has 0 N–H and O–H groups in total. The summed E-state index contributed by atoms with van der Waals surface area (Å²) in [6.07, 6.45) is -0.514. The topological polar surface area (TPSA) is 38.8 Å². The van der Waals surface area contributed by atoms with Crippen LogP contribution in [0.25, 0.3) is 0 Å². The molecule has 98 valence electrons. The van der Waals surface area contributed by atoms with Crippen LogP contribution >= 0.6 is 0 Å². The third-order valence-corrected chi connectivity index (χ3v) is 2.93. The van der Waals surface area contributed by atoms with Crippen molar-refractivity contribution in [3.8, 4) is 0 Å². The Morgan fingerprint density at radius 3 is 2.56 bits per heavy atom. The van der Waals surface area contributed by atoms with Gasteiger partial charge in [-0.2, -0.15) is 0 Å². The molecule has 1 saturated heterocycles. The Kier molecular flexibility index (Phi) is 3.68. The largest absolute Gasteiger partial charge is 0.347 e. The fourth-order valence-electron chi connectivity index (χ4n) is 2.06. The van der Waals surface area contributed by atoms with Crippen molar-refractivity contribution < 1.29 is 14.3 Å². The zero-order valence-electron chi connectivity index (χ0n) is 11.1. The molecule has 0 aliphatic carbocycles. The van der Waals surface area contributed by atoms with Crippen LogP contribution in [0.4, 0.5) is 5.69 Å². The number of hydrogen-bond acceptors (Lipinski definition) is 3. The number of likely N-dealkylation sites (N-methyl/N-ethyl adjacent to an activating group) is 1. The lowest BCUT2D eigenvalue weighted by Gasteiger charge is -2.24. The van der Waals surface area contributed by atoms with Gasteiger partial charge < -0.3 is 14.4 Å². The number of ether oxygens (including phenoxy) is 2. The van der Waals surface area contributed by atoms with Gasteiger partial charge in [-0.15, -0.1) is 0 Å². The minimum Gasteiger partial charge on any atom is -0.347 e.